The summed E-state index contributed by atoms with van der Waals surface area (Å²) in [5, 5.41) is 5.51. The molecule has 2 amide bonds. The summed E-state index contributed by atoms with van der Waals surface area (Å²) < 4.78 is 0.913. The second kappa shape index (κ2) is 7.87. The first kappa shape index (κ1) is 17.1. The smallest absolute Gasteiger partial charge is 0.274 e. The van der Waals surface area contributed by atoms with E-state index in [4.69, 9.17) is 0 Å². The maximum absolute atomic E-state index is 12.3. The van der Waals surface area contributed by atoms with E-state index >= 15 is 0 Å². The molecule has 120 valence electrons. The van der Waals surface area contributed by atoms with E-state index in [0.717, 1.165) is 16.5 Å². The van der Waals surface area contributed by atoms with Gasteiger partial charge >= 0.3 is 0 Å². The minimum absolute atomic E-state index is 0.200. The molecule has 0 fully saturated rings. The number of nitrogens with one attached hydrogen (secondary N) is 2. The van der Waals surface area contributed by atoms with Crippen LogP contribution >= 0.6 is 15.9 Å². The molecule has 0 spiro atoms. The van der Waals surface area contributed by atoms with Crippen molar-refractivity contribution in [2.45, 2.75) is 20.3 Å². The highest BCUT2D eigenvalue weighted by atomic mass is 79.9. The van der Waals surface area contributed by atoms with E-state index in [1.165, 1.54) is 0 Å². The number of nitrogens with zero attached hydrogens (tertiary/aromatic N) is 1. The highest BCUT2D eigenvalue weighted by Gasteiger charge is 2.12. The minimum atomic E-state index is -0.356. The standard InChI is InChI=1S/C17H18BrN3O2/c1-3-9-19-16(22)14-5-4-6-15(21-14)17(23)20-12-8-7-11(2)13(18)10-12/h4-8,10H,3,9H2,1-2H3,(H,19,22)(H,20,23). The molecule has 23 heavy (non-hydrogen) atoms. The zero-order chi connectivity index (χ0) is 16.8. The molecule has 0 aliphatic rings. The van der Waals surface area contributed by atoms with E-state index in [-0.39, 0.29) is 23.2 Å². The largest absolute Gasteiger partial charge is 0.351 e. The lowest BCUT2D eigenvalue weighted by Gasteiger charge is -2.08. The van der Waals surface area contributed by atoms with Gasteiger partial charge in [-0.15, -0.1) is 0 Å². The topological polar surface area (TPSA) is 71.1 Å². The van der Waals surface area contributed by atoms with Crippen molar-refractivity contribution in [1.82, 2.24) is 10.3 Å². The molecule has 0 radical (unpaired) electrons. The number of carbonyl (C=O) groups excluding carboxylic acids is 2. The fourth-order valence-electron chi connectivity index (χ4n) is 1.88. The zero-order valence-electron chi connectivity index (χ0n) is 13.0. The van der Waals surface area contributed by atoms with Crippen LogP contribution in [0.3, 0.4) is 0 Å². The van der Waals surface area contributed by atoms with E-state index in [0.29, 0.717) is 12.2 Å². The minimum Gasteiger partial charge on any atom is -0.351 e. The fourth-order valence-corrected chi connectivity index (χ4v) is 2.26. The SMILES string of the molecule is CCCNC(=O)c1cccc(C(=O)Nc2ccc(C)c(Br)c2)n1. The third-order valence-corrected chi connectivity index (χ3v) is 4.03. The van der Waals surface area contributed by atoms with Crippen LogP contribution in [0.2, 0.25) is 0 Å². The van der Waals surface area contributed by atoms with Crippen LogP contribution < -0.4 is 10.6 Å². The first-order valence-electron chi connectivity index (χ1n) is 7.34. The first-order chi connectivity index (χ1) is 11.0. The Kier molecular flexibility index (Phi) is 5.87. The van der Waals surface area contributed by atoms with Gasteiger partial charge in [-0.1, -0.05) is 35.0 Å². The lowest BCUT2D eigenvalue weighted by Crippen LogP contribution is -2.26. The maximum atomic E-state index is 12.3. The quantitative estimate of drug-likeness (QED) is 0.839. The molecule has 1 heterocycles. The van der Waals surface area contributed by atoms with Gasteiger partial charge < -0.3 is 10.6 Å². The lowest BCUT2D eigenvalue weighted by molar-refractivity contribution is 0.0948. The average molecular weight is 376 g/mol. The van der Waals surface area contributed by atoms with Gasteiger partial charge in [0, 0.05) is 16.7 Å². The number of anilines is 1. The second-order valence-electron chi connectivity index (χ2n) is 5.08. The van der Waals surface area contributed by atoms with Crippen LogP contribution in [0.5, 0.6) is 0 Å². The summed E-state index contributed by atoms with van der Waals surface area (Å²) in [4.78, 5) is 28.3. The molecule has 0 saturated carbocycles. The van der Waals surface area contributed by atoms with Crippen molar-refractivity contribution in [1.29, 1.82) is 0 Å². The third-order valence-electron chi connectivity index (χ3n) is 3.18. The van der Waals surface area contributed by atoms with Gasteiger partial charge in [-0.3, -0.25) is 9.59 Å². The summed E-state index contributed by atoms with van der Waals surface area (Å²) >= 11 is 3.43. The molecule has 2 aromatic rings. The lowest BCUT2D eigenvalue weighted by atomic mass is 10.2. The van der Waals surface area contributed by atoms with Gasteiger partial charge in [-0.25, -0.2) is 4.98 Å². The molecule has 0 bridgehead atoms. The Hall–Kier alpha value is -2.21. The van der Waals surface area contributed by atoms with Crippen molar-refractivity contribution in [3.05, 3.63) is 57.8 Å². The number of hydrogen-bond donors (Lipinski definition) is 2. The molecule has 0 aliphatic heterocycles. The van der Waals surface area contributed by atoms with Gasteiger partial charge in [0.25, 0.3) is 11.8 Å². The van der Waals surface area contributed by atoms with Crippen LogP contribution in [0.1, 0.15) is 39.9 Å². The highest BCUT2D eigenvalue weighted by molar-refractivity contribution is 9.10. The molecule has 0 atom stereocenters. The van der Waals surface area contributed by atoms with E-state index in [1.807, 2.05) is 32.0 Å². The van der Waals surface area contributed by atoms with Crippen molar-refractivity contribution in [3.8, 4) is 0 Å². The monoisotopic (exact) mass is 375 g/mol. The van der Waals surface area contributed by atoms with Crippen molar-refractivity contribution in [2.75, 3.05) is 11.9 Å². The van der Waals surface area contributed by atoms with Gasteiger partial charge in [0.05, 0.1) is 0 Å². The Morgan fingerprint density at radius 1 is 1.13 bits per heavy atom. The summed E-state index contributed by atoms with van der Waals surface area (Å²) in [6.07, 6.45) is 0.841. The van der Waals surface area contributed by atoms with Gasteiger partial charge in [-0.05, 0) is 43.2 Å². The van der Waals surface area contributed by atoms with Crippen LogP contribution in [0, 0.1) is 6.92 Å². The van der Waals surface area contributed by atoms with Crippen LogP contribution in [0.4, 0.5) is 5.69 Å². The molecular formula is C17H18BrN3O2. The molecule has 0 saturated heterocycles. The molecule has 0 aliphatic carbocycles. The second-order valence-corrected chi connectivity index (χ2v) is 5.94. The van der Waals surface area contributed by atoms with Crippen molar-refractivity contribution in [2.24, 2.45) is 0 Å². The number of carbonyl (C=O) groups is 2. The number of amides is 2. The summed E-state index contributed by atoms with van der Waals surface area (Å²) in [6, 6.07) is 10.4. The van der Waals surface area contributed by atoms with E-state index in [1.54, 1.807) is 18.2 Å². The highest BCUT2D eigenvalue weighted by Crippen LogP contribution is 2.21. The Labute approximate surface area is 143 Å². The molecular weight excluding hydrogens is 358 g/mol. The van der Waals surface area contributed by atoms with Crippen LogP contribution in [-0.2, 0) is 0 Å². The zero-order valence-corrected chi connectivity index (χ0v) is 14.6. The Morgan fingerprint density at radius 3 is 2.48 bits per heavy atom. The van der Waals surface area contributed by atoms with Gasteiger partial charge in [0.2, 0.25) is 0 Å². The number of aromatic nitrogens is 1. The van der Waals surface area contributed by atoms with Gasteiger partial charge in [-0.2, -0.15) is 0 Å². The van der Waals surface area contributed by atoms with Gasteiger partial charge in [0.1, 0.15) is 11.4 Å². The number of halogens is 1. The first-order valence-corrected chi connectivity index (χ1v) is 8.13. The average Bonchev–Trinajstić information content (AvgIpc) is 2.56. The van der Waals surface area contributed by atoms with Crippen LogP contribution in [0.15, 0.2) is 40.9 Å². The van der Waals surface area contributed by atoms with Crippen molar-refractivity contribution in [3.63, 3.8) is 0 Å². The number of hydrogen-bond acceptors (Lipinski definition) is 3. The Balaban J connectivity index is 2.13. The predicted octanol–water partition coefficient (Wildman–Crippen LogP) is 3.54. The molecule has 1 aromatic carbocycles. The van der Waals surface area contributed by atoms with E-state index in [9.17, 15) is 9.59 Å². The maximum Gasteiger partial charge on any atom is 0.274 e. The van der Waals surface area contributed by atoms with Crippen LogP contribution in [0.25, 0.3) is 0 Å². The predicted molar refractivity (Wildman–Crippen MR) is 93.7 cm³/mol. The van der Waals surface area contributed by atoms with Crippen molar-refractivity contribution >= 4 is 33.4 Å². The Bertz CT molecular complexity index is 732. The molecule has 5 nitrogen and oxygen atoms in total. The van der Waals surface area contributed by atoms with Crippen LogP contribution in [-0.4, -0.2) is 23.3 Å². The van der Waals surface area contributed by atoms with Crippen molar-refractivity contribution < 1.29 is 9.59 Å². The summed E-state index contributed by atoms with van der Waals surface area (Å²) in [5.74, 6) is -0.634. The molecule has 6 heteroatoms. The van der Waals surface area contributed by atoms with E-state index in [2.05, 4.69) is 31.5 Å². The molecule has 1 aromatic heterocycles. The number of rotatable bonds is 5. The van der Waals surface area contributed by atoms with Gasteiger partial charge in [0.15, 0.2) is 0 Å². The molecule has 2 rings (SSSR count). The summed E-state index contributed by atoms with van der Waals surface area (Å²) in [5.41, 5.74) is 2.17. The molecule has 2 N–H and O–H groups in total. The Morgan fingerprint density at radius 2 is 1.83 bits per heavy atom. The summed E-state index contributed by atoms with van der Waals surface area (Å²) in [7, 11) is 0. The fraction of sp³-hybridized carbons (Fsp3) is 0.235. The number of pyridine rings is 1. The third kappa shape index (κ3) is 4.63. The van der Waals surface area contributed by atoms with E-state index < -0.39 is 0 Å². The summed E-state index contributed by atoms with van der Waals surface area (Å²) in [6.45, 7) is 4.52. The molecule has 0 unspecified atom stereocenters. The number of aryl methyl sites for hydroxylation is 1. The number of benzene rings is 1. The normalized spacial score (nSPS) is 10.2.